The smallest absolute Gasteiger partial charge is 0.248 e. The van der Waals surface area contributed by atoms with Gasteiger partial charge in [-0.3, -0.25) is 24.0 Å². The number of benzene rings is 2. The second-order valence-electron chi connectivity index (χ2n) is 15.6. The highest BCUT2D eigenvalue weighted by Crippen LogP contribution is 2.40. The molecule has 0 aliphatic carbocycles. The summed E-state index contributed by atoms with van der Waals surface area (Å²) in [6.07, 6.45) is 13.0. The van der Waals surface area contributed by atoms with Crippen LogP contribution in [0.1, 0.15) is 114 Å². The van der Waals surface area contributed by atoms with Crippen molar-refractivity contribution in [2.45, 2.75) is 128 Å². The van der Waals surface area contributed by atoms with E-state index in [1.165, 1.54) is 63.8 Å². The van der Waals surface area contributed by atoms with Gasteiger partial charge in [0.15, 0.2) is 0 Å². The lowest BCUT2D eigenvalue weighted by Crippen LogP contribution is -2.56. The molecule has 4 atom stereocenters. The van der Waals surface area contributed by atoms with Crippen LogP contribution in [-0.2, 0) is 30.4 Å². The number of nitrogens with two attached hydrogens (primary N) is 3. The Hall–Kier alpha value is -5.24. The Morgan fingerprint density at radius 2 is 1.43 bits per heavy atom. The zero-order valence-electron chi connectivity index (χ0n) is 36.4. The van der Waals surface area contributed by atoms with Gasteiger partial charge in [0, 0.05) is 44.1 Å². The summed E-state index contributed by atoms with van der Waals surface area (Å²) >= 11 is 0. The maximum absolute atomic E-state index is 14.4. The van der Waals surface area contributed by atoms with Gasteiger partial charge in [-0.15, -0.1) is 0 Å². The molecular weight excluding hydrogens is 779 g/mol. The number of ether oxygens (including phenoxy) is 2. The van der Waals surface area contributed by atoms with Gasteiger partial charge in [0.25, 0.3) is 0 Å². The first kappa shape index (κ1) is 50.1. The van der Waals surface area contributed by atoms with Gasteiger partial charge >= 0.3 is 0 Å². The third-order valence-corrected chi connectivity index (χ3v) is 10.7. The normalized spacial score (nSPS) is 16.8. The fraction of sp³-hybridized carbons (Fsp3) is 0.600. The number of nitrogens with zero attached hydrogens (tertiary/aromatic N) is 2. The molecule has 61 heavy (non-hydrogen) atoms. The summed E-state index contributed by atoms with van der Waals surface area (Å²) in [4.78, 5) is 70.1. The van der Waals surface area contributed by atoms with Crippen LogP contribution in [-0.4, -0.2) is 99.0 Å². The summed E-state index contributed by atoms with van der Waals surface area (Å²) in [5.41, 5.74) is 19.6. The van der Waals surface area contributed by atoms with Crippen LogP contribution in [0.5, 0.6) is 11.5 Å². The third kappa shape index (κ3) is 16.3. The highest BCUT2D eigenvalue weighted by molar-refractivity contribution is 5.96. The minimum absolute atomic E-state index is 0.0277. The fourth-order valence-corrected chi connectivity index (χ4v) is 7.35. The van der Waals surface area contributed by atoms with Crippen molar-refractivity contribution in [3.63, 3.8) is 0 Å². The summed E-state index contributed by atoms with van der Waals surface area (Å²) in [6, 6.07) is 7.55. The molecule has 0 saturated carbocycles. The zero-order chi connectivity index (χ0) is 44.6. The van der Waals surface area contributed by atoms with E-state index in [1.54, 1.807) is 36.4 Å². The highest BCUT2D eigenvalue weighted by atomic mass is 16.5. The quantitative estimate of drug-likeness (QED) is 0.0564. The van der Waals surface area contributed by atoms with E-state index in [0.717, 1.165) is 19.3 Å². The van der Waals surface area contributed by atoms with Crippen LogP contribution in [0, 0.1) is 11.3 Å². The predicted molar refractivity (Wildman–Crippen MR) is 235 cm³/mol. The summed E-state index contributed by atoms with van der Waals surface area (Å²) in [6.45, 7) is 4.27. The topological polar surface area (TPSA) is 257 Å². The number of nitrogens with one attached hydrogen (secondary N) is 4. The Labute approximate surface area is 361 Å². The van der Waals surface area contributed by atoms with Crippen LogP contribution < -0.4 is 47.9 Å². The van der Waals surface area contributed by atoms with Crippen molar-refractivity contribution in [2.75, 3.05) is 46.4 Å². The number of unbranched alkanes of at least 4 members (excludes halogenated alkanes) is 10. The molecule has 0 fully saturated rings. The first-order chi connectivity index (χ1) is 29.5. The van der Waals surface area contributed by atoms with E-state index in [-0.39, 0.29) is 64.6 Å². The number of nitriles is 1. The molecular formula is C45H69N9O7. The van der Waals surface area contributed by atoms with E-state index in [0.29, 0.717) is 40.2 Å². The van der Waals surface area contributed by atoms with Gasteiger partial charge in [0.05, 0.1) is 6.07 Å². The lowest BCUT2D eigenvalue weighted by atomic mass is 9.93. The molecule has 4 bridgehead atoms. The molecule has 2 aromatic carbocycles. The zero-order valence-corrected chi connectivity index (χ0v) is 36.4. The third-order valence-electron chi connectivity index (χ3n) is 10.7. The lowest BCUT2D eigenvalue weighted by molar-refractivity contribution is -0.143. The van der Waals surface area contributed by atoms with Gasteiger partial charge in [-0.25, -0.2) is 0 Å². The van der Waals surface area contributed by atoms with Crippen molar-refractivity contribution in [2.24, 2.45) is 17.2 Å². The molecule has 336 valence electrons. The summed E-state index contributed by atoms with van der Waals surface area (Å²) in [7, 11) is 1.46. The van der Waals surface area contributed by atoms with Crippen molar-refractivity contribution >= 4 is 29.5 Å². The van der Waals surface area contributed by atoms with Crippen LogP contribution in [0.3, 0.4) is 0 Å². The molecule has 1 aliphatic rings. The molecule has 3 rings (SSSR count). The molecule has 16 nitrogen and oxygen atoms in total. The minimum atomic E-state index is -1.32. The molecule has 0 radical (unpaired) electrons. The number of likely N-dealkylation sites (N-methyl/N-ethyl adjacent to an activating group) is 1. The Kier molecular flexibility index (Phi) is 22.7. The van der Waals surface area contributed by atoms with Crippen molar-refractivity contribution in [1.82, 2.24) is 26.2 Å². The molecule has 1 aliphatic heterocycles. The van der Waals surface area contributed by atoms with E-state index < -0.39 is 47.8 Å². The maximum atomic E-state index is 14.4. The van der Waals surface area contributed by atoms with Crippen LogP contribution in [0.25, 0.3) is 11.1 Å². The fourth-order valence-electron chi connectivity index (χ4n) is 7.35. The molecule has 0 aromatic heterocycles. The Morgan fingerprint density at radius 1 is 0.836 bits per heavy atom. The van der Waals surface area contributed by atoms with E-state index in [2.05, 4.69) is 28.2 Å². The first-order valence-corrected chi connectivity index (χ1v) is 21.9. The lowest BCUT2D eigenvalue weighted by Gasteiger charge is -2.32. The second-order valence-corrected chi connectivity index (χ2v) is 15.6. The van der Waals surface area contributed by atoms with Crippen LogP contribution in [0.4, 0.5) is 0 Å². The monoisotopic (exact) mass is 848 g/mol. The van der Waals surface area contributed by atoms with Gasteiger partial charge in [0.2, 0.25) is 29.5 Å². The maximum Gasteiger partial charge on any atom is 0.248 e. The van der Waals surface area contributed by atoms with E-state index >= 15 is 0 Å². The molecule has 2 aromatic rings. The van der Waals surface area contributed by atoms with Crippen molar-refractivity contribution in [3.8, 4) is 28.7 Å². The van der Waals surface area contributed by atoms with Crippen molar-refractivity contribution in [3.05, 3.63) is 47.5 Å². The highest BCUT2D eigenvalue weighted by Gasteiger charge is 2.36. The average Bonchev–Trinajstić information content (AvgIpc) is 3.25. The SMILES string of the molecule is CCCCCCCCCCCCCC(=O)N[C@@H](CCN)C(=O)N(C)[C@@H]1C(=O)N[C@@H](C)C(=O)N[C@H](C(=O)NCC#N)Cc2ccc(OCCN)c(c2)-c2cc1ccc2OCCN. The Balaban J connectivity index is 1.98. The number of hydrogen-bond donors (Lipinski definition) is 7. The van der Waals surface area contributed by atoms with E-state index in [1.807, 2.05) is 6.07 Å². The van der Waals surface area contributed by atoms with Crippen molar-refractivity contribution in [1.29, 1.82) is 5.26 Å². The van der Waals surface area contributed by atoms with E-state index in [9.17, 15) is 24.0 Å². The molecule has 0 unspecified atom stereocenters. The molecule has 5 amide bonds. The summed E-state index contributed by atoms with van der Waals surface area (Å²) < 4.78 is 12.2. The number of carbonyl (C=O) groups is 5. The average molecular weight is 848 g/mol. The largest absolute Gasteiger partial charge is 0.492 e. The molecule has 1 heterocycles. The van der Waals surface area contributed by atoms with Crippen LogP contribution in [0.2, 0.25) is 0 Å². The van der Waals surface area contributed by atoms with Gasteiger partial charge in [-0.05, 0) is 61.7 Å². The molecule has 10 N–H and O–H groups in total. The Bertz CT molecular complexity index is 1770. The second kappa shape index (κ2) is 27.6. The van der Waals surface area contributed by atoms with Crippen LogP contribution in [0.15, 0.2) is 36.4 Å². The number of amides is 5. The molecule has 0 saturated heterocycles. The van der Waals surface area contributed by atoms with Gasteiger partial charge in [-0.1, -0.05) is 83.3 Å². The van der Waals surface area contributed by atoms with Gasteiger partial charge in [0.1, 0.15) is 55.4 Å². The molecule has 16 heteroatoms. The van der Waals surface area contributed by atoms with Gasteiger partial charge < -0.3 is 52.8 Å². The summed E-state index contributed by atoms with van der Waals surface area (Å²) in [5.74, 6) is -1.96. The number of rotatable bonds is 25. The van der Waals surface area contributed by atoms with Gasteiger partial charge in [-0.2, -0.15) is 5.26 Å². The predicted octanol–water partition coefficient (Wildman–Crippen LogP) is 3.25. The van der Waals surface area contributed by atoms with Crippen LogP contribution >= 0.6 is 0 Å². The minimum Gasteiger partial charge on any atom is -0.492 e. The van der Waals surface area contributed by atoms with Crippen molar-refractivity contribution < 1.29 is 33.4 Å². The molecule has 0 spiro atoms. The number of hydrogen-bond acceptors (Lipinski definition) is 11. The Morgan fingerprint density at radius 3 is 2.02 bits per heavy atom. The van der Waals surface area contributed by atoms with E-state index in [4.69, 9.17) is 31.9 Å². The summed E-state index contributed by atoms with van der Waals surface area (Å²) in [5, 5.41) is 19.9. The number of carbonyl (C=O) groups excluding carboxylic acids is 5. The standard InChI is InChI=1S/C45H69N9O7/c1-4-5-6-7-8-9-10-11-12-13-14-15-40(55)52-36(20-21-46)45(59)54(3)41-33-17-19-39(61-27-24-49)35(30-33)34-28-32(16-18-38(34)60-26-23-48)29-37(43(57)50-25-22-47)53-42(56)31(2)51-44(41)58/h16-19,28,30-31,36-37,41H,4-15,20-21,23-27,29,46,48-49H2,1-3H3,(H,50,57)(H,51,58)(H,52,55)(H,53,56)/t31-,36-,37-,41-/m0/s1. The number of fused-ring (bicyclic) bond motifs is 5. The first-order valence-electron chi connectivity index (χ1n) is 21.9.